The van der Waals surface area contributed by atoms with E-state index in [1.807, 2.05) is 18.3 Å². The highest BCUT2D eigenvalue weighted by Gasteiger charge is 2.13. The number of furan rings is 1. The Balaban J connectivity index is 1.49. The van der Waals surface area contributed by atoms with Crippen molar-refractivity contribution in [2.75, 3.05) is 0 Å². The van der Waals surface area contributed by atoms with E-state index in [9.17, 15) is 0 Å². The van der Waals surface area contributed by atoms with Gasteiger partial charge >= 0.3 is 0 Å². The summed E-state index contributed by atoms with van der Waals surface area (Å²) in [5, 5.41) is 2.28. The molecule has 0 aliphatic carbocycles. The SMILES string of the molecule is Cc1cc2c(cc1-c1cc(-c3ccccc3)ccn1)oc1ccc(-c3ccccc3)cc12. The molecule has 0 radical (unpaired) electrons. The maximum absolute atomic E-state index is 6.25. The van der Waals surface area contributed by atoms with Crippen molar-refractivity contribution in [1.29, 1.82) is 0 Å². The minimum atomic E-state index is 0.887. The van der Waals surface area contributed by atoms with E-state index in [-0.39, 0.29) is 0 Å². The van der Waals surface area contributed by atoms with Crippen LogP contribution in [0.5, 0.6) is 0 Å². The summed E-state index contributed by atoms with van der Waals surface area (Å²) < 4.78 is 6.25. The second kappa shape index (κ2) is 7.51. The zero-order chi connectivity index (χ0) is 21.5. The van der Waals surface area contributed by atoms with Crippen molar-refractivity contribution in [2.24, 2.45) is 0 Å². The van der Waals surface area contributed by atoms with Gasteiger partial charge in [0.1, 0.15) is 11.2 Å². The van der Waals surface area contributed by atoms with Crippen LogP contribution in [0, 0.1) is 6.92 Å². The molecule has 2 nitrogen and oxygen atoms in total. The first-order valence-corrected chi connectivity index (χ1v) is 10.8. The highest BCUT2D eigenvalue weighted by Crippen LogP contribution is 2.36. The van der Waals surface area contributed by atoms with E-state index in [0.717, 1.165) is 38.8 Å². The van der Waals surface area contributed by atoms with Crippen molar-refractivity contribution in [1.82, 2.24) is 4.98 Å². The lowest BCUT2D eigenvalue weighted by Crippen LogP contribution is -1.88. The Morgan fingerprint density at radius 2 is 1.22 bits per heavy atom. The second-order valence-corrected chi connectivity index (χ2v) is 8.14. The van der Waals surface area contributed by atoms with Crippen LogP contribution in [0.4, 0.5) is 0 Å². The lowest BCUT2D eigenvalue weighted by Gasteiger charge is -2.08. The normalized spacial score (nSPS) is 11.3. The highest BCUT2D eigenvalue weighted by molar-refractivity contribution is 6.07. The Morgan fingerprint density at radius 1 is 0.562 bits per heavy atom. The molecule has 0 N–H and O–H groups in total. The van der Waals surface area contributed by atoms with E-state index in [1.165, 1.54) is 22.3 Å². The minimum absolute atomic E-state index is 0.887. The number of aryl methyl sites for hydroxylation is 1. The number of nitrogens with zero attached hydrogens (tertiary/aromatic N) is 1. The summed E-state index contributed by atoms with van der Waals surface area (Å²) in [5.74, 6) is 0. The molecule has 2 aromatic heterocycles. The van der Waals surface area contributed by atoms with E-state index in [4.69, 9.17) is 4.42 Å². The average Bonchev–Trinajstić information content (AvgIpc) is 3.21. The van der Waals surface area contributed by atoms with Crippen molar-refractivity contribution < 1.29 is 4.42 Å². The van der Waals surface area contributed by atoms with Crippen LogP contribution in [0.1, 0.15) is 5.56 Å². The van der Waals surface area contributed by atoms with E-state index in [1.54, 1.807) is 0 Å². The zero-order valence-electron chi connectivity index (χ0n) is 17.7. The van der Waals surface area contributed by atoms with Crippen LogP contribution in [0.2, 0.25) is 0 Å². The summed E-state index contributed by atoms with van der Waals surface area (Å²) in [7, 11) is 0. The van der Waals surface area contributed by atoms with Crippen LogP contribution in [-0.2, 0) is 0 Å². The van der Waals surface area contributed by atoms with Crippen molar-refractivity contribution in [2.45, 2.75) is 6.92 Å². The van der Waals surface area contributed by atoms with Gasteiger partial charge in [0.25, 0.3) is 0 Å². The van der Waals surface area contributed by atoms with Crippen molar-refractivity contribution >= 4 is 21.9 Å². The predicted octanol–water partition coefficient (Wildman–Crippen LogP) is 8.29. The Labute approximate surface area is 186 Å². The molecular weight excluding hydrogens is 390 g/mol. The van der Waals surface area contributed by atoms with Gasteiger partial charge in [0.2, 0.25) is 0 Å². The number of rotatable bonds is 3. The summed E-state index contributed by atoms with van der Waals surface area (Å²) in [6, 6.07) is 35.8. The molecule has 0 aliphatic heterocycles. The van der Waals surface area contributed by atoms with Gasteiger partial charge in [0, 0.05) is 22.5 Å². The van der Waals surface area contributed by atoms with Gasteiger partial charge in [-0.3, -0.25) is 4.98 Å². The fourth-order valence-electron chi connectivity index (χ4n) is 4.41. The lowest BCUT2D eigenvalue weighted by atomic mass is 9.98. The monoisotopic (exact) mass is 411 g/mol. The zero-order valence-corrected chi connectivity index (χ0v) is 17.7. The molecule has 0 atom stereocenters. The van der Waals surface area contributed by atoms with Gasteiger partial charge in [0.05, 0.1) is 5.69 Å². The van der Waals surface area contributed by atoms with E-state index in [2.05, 4.69) is 103 Å². The molecule has 0 saturated heterocycles. The Bertz CT molecular complexity index is 1560. The van der Waals surface area contributed by atoms with Gasteiger partial charge in [-0.25, -0.2) is 0 Å². The first kappa shape index (κ1) is 18.6. The molecule has 4 aromatic carbocycles. The minimum Gasteiger partial charge on any atom is -0.456 e. The van der Waals surface area contributed by atoms with Crippen molar-refractivity contribution in [3.8, 4) is 33.5 Å². The fourth-order valence-corrected chi connectivity index (χ4v) is 4.41. The summed E-state index contributed by atoms with van der Waals surface area (Å²) in [6.07, 6.45) is 1.88. The third-order valence-corrected chi connectivity index (χ3v) is 6.07. The van der Waals surface area contributed by atoms with Crippen LogP contribution in [0.3, 0.4) is 0 Å². The molecule has 6 aromatic rings. The van der Waals surface area contributed by atoms with Crippen molar-refractivity contribution in [3.05, 3.63) is 115 Å². The van der Waals surface area contributed by atoms with Crippen LogP contribution < -0.4 is 0 Å². The molecule has 0 unspecified atom stereocenters. The van der Waals surface area contributed by atoms with Gasteiger partial charge < -0.3 is 4.42 Å². The van der Waals surface area contributed by atoms with Gasteiger partial charge in [-0.2, -0.15) is 0 Å². The number of aromatic nitrogens is 1. The molecule has 6 rings (SSSR count). The molecule has 0 saturated carbocycles. The molecule has 152 valence electrons. The summed E-state index contributed by atoms with van der Waals surface area (Å²) in [4.78, 5) is 4.67. The third kappa shape index (κ3) is 3.17. The quantitative estimate of drug-likeness (QED) is 0.293. The van der Waals surface area contributed by atoms with Gasteiger partial charge in [-0.15, -0.1) is 0 Å². The standard InChI is InChI=1S/C30H21NO/c1-20-16-26-27-17-23(21-8-4-2-5-9-21)12-13-29(27)32-30(26)19-25(20)28-18-24(14-15-31-28)22-10-6-3-7-11-22/h2-19H,1H3. The van der Waals surface area contributed by atoms with E-state index in [0.29, 0.717) is 0 Å². The van der Waals surface area contributed by atoms with Crippen LogP contribution >= 0.6 is 0 Å². The molecule has 2 heterocycles. The Morgan fingerprint density at radius 3 is 1.94 bits per heavy atom. The maximum atomic E-state index is 6.25. The third-order valence-electron chi connectivity index (χ3n) is 6.07. The van der Waals surface area contributed by atoms with Crippen LogP contribution in [0.25, 0.3) is 55.4 Å². The number of hydrogen-bond acceptors (Lipinski definition) is 2. The topological polar surface area (TPSA) is 26.0 Å². The molecule has 0 bridgehead atoms. The maximum Gasteiger partial charge on any atom is 0.136 e. The van der Waals surface area contributed by atoms with Gasteiger partial charge in [-0.05, 0) is 71.1 Å². The smallest absolute Gasteiger partial charge is 0.136 e. The summed E-state index contributed by atoms with van der Waals surface area (Å²) >= 11 is 0. The van der Waals surface area contributed by atoms with Gasteiger partial charge in [0.15, 0.2) is 0 Å². The molecule has 32 heavy (non-hydrogen) atoms. The second-order valence-electron chi connectivity index (χ2n) is 8.14. The van der Waals surface area contributed by atoms with Gasteiger partial charge in [-0.1, -0.05) is 66.7 Å². The fraction of sp³-hybridized carbons (Fsp3) is 0.0333. The number of hydrogen-bond donors (Lipinski definition) is 0. The summed E-state index contributed by atoms with van der Waals surface area (Å²) in [5.41, 5.74) is 9.77. The first-order chi connectivity index (χ1) is 15.8. The van der Waals surface area contributed by atoms with Crippen LogP contribution in [-0.4, -0.2) is 4.98 Å². The Kier molecular flexibility index (Phi) is 4.36. The highest BCUT2D eigenvalue weighted by atomic mass is 16.3. The van der Waals surface area contributed by atoms with Crippen molar-refractivity contribution in [3.63, 3.8) is 0 Å². The Hall–Kier alpha value is -4.17. The van der Waals surface area contributed by atoms with E-state index >= 15 is 0 Å². The van der Waals surface area contributed by atoms with E-state index < -0.39 is 0 Å². The molecule has 0 aliphatic rings. The molecular formula is C30H21NO. The molecule has 0 spiro atoms. The number of fused-ring (bicyclic) bond motifs is 3. The average molecular weight is 412 g/mol. The molecule has 0 amide bonds. The number of pyridine rings is 1. The molecule has 2 heteroatoms. The van der Waals surface area contributed by atoms with Crippen LogP contribution in [0.15, 0.2) is 114 Å². The first-order valence-electron chi connectivity index (χ1n) is 10.8. The molecule has 0 fully saturated rings. The summed E-state index contributed by atoms with van der Waals surface area (Å²) in [6.45, 7) is 2.14. The lowest BCUT2D eigenvalue weighted by molar-refractivity contribution is 0.669. The number of benzene rings is 4. The largest absolute Gasteiger partial charge is 0.456 e. The predicted molar refractivity (Wildman–Crippen MR) is 133 cm³/mol.